The molecule has 1 amide bonds. The fraction of sp³-hybridized carbons (Fsp3) is 0.636. The van der Waals surface area contributed by atoms with Crippen LogP contribution in [0.25, 0.3) is 0 Å². The van der Waals surface area contributed by atoms with Gasteiger partial charge < -0.3 is 15.8 Å². The van der Waals surface area contributed by atoms with Gasteiger partial charge in [0.25, 0.3) is 5.91 Å². The Morgan fingerprint density at radius 3 is 2.74 bits per heavy atom. The molecule has 0 aliphatic heterocycles. The number of nitrogens with one attached hydrogen (secondary N) is 1. The van der Waals surface area contributed by atoms with Crippen LogP contribution in [-0.2, 0) is 20.9 Å². The van der Waals surface area contributed by atoms with Gasteiger partial charge >= 0.3 is 5.97 Å². The van der Waals surface area contributed by atoms with Crippen molar-refractivity contribution in [1.29, 1.82) is 0 Å². The average molecular weight is 269 g/mol. The van der Waals surface area contributed by atoms with E-state index in [9.17, 15) is 9.59 Å². The summed E-state index contributed by atoms with van der Waals surface area (Å²) in [6.07, 6.45) is 2.10. The van der Waals surface area contributed by atoms with Crippen molar-refractivity contribution in [2.45, 2.75) is 39.3 Å². The van der Waals surface area contributed by atoms with Crippen molar-refractivity contribution in [2.75, 3.05) is 12.3 Å². The Balaban J connectivity index is 2.32. The monoisotopic (exact) mass is 269 g/mol. The van der Waals surface area contributed by atoms with Gasteiger partial charge in [0.15, 0.2) is 6.61 Å². The van der Waals surface area contributed by atoms with Crippen LogP contribution in [0.15, 0.2) is 6.33 Å². The molecule has 19 heavy (non-hydrogen) atoms. The van der Waals surface area contributed by atoms with E-state index < -0.39 is 5.97 Å². The molecule has 106 valence electrons. The fourth-order valence-electron chi connectivity index (χ4n) is 1.21. The highest BCUT2D eigenvalue weighted by Gasteiger charge is 2.18. The Morgan fingerprint density at radius 2 is 2.21 bits per heavy atom. The van der Waals surface area contributed by atoms with Gasteiger partial charge in [0.2, 0.25) is 5.95 Å². The number of hydrogen-bond acceptors (Lipinski definition) is 6. The molecule has 0 aliphatic carbocycles. The lowest BCUT2D eigenvalue weighted by Crippen LogP contribution is -2.44. The molecule has 1 aromatic heterocycles. The average Bonchev–Trinajstić information content (AvgIpc) is 2.72. The molecule has 0 fully saturated rings. The standard InChI is InChI=1S/C11H19N5O3/c1-4-11(2,3)14-8(17)6-19-9(18)5-16-7-13-10(12)15-16/h7H,4-6H2,1-3H3,(H2,12,15)(H,14,17). The molecule has 1 rings (SSSR count). The van der Waals surface area contributed by atoms with Crippen LogP contribution in [0.4, 0.5) is 5.95 Å². The van der Waals surface area contributed by atoms with E-state index in [1.54, 1.807) is 0 Å². The summed E-state index contributed by atoms with van der Waals surface area (Å²) in [5, 5.41) is 6.49. The zero-order valence-corrected chi connectivity index (χ0v) is 11.3. The first-order chi connectivity index (χ1) is 8.82. The maximum absolute atomic E-state index is 11.5. The largest absolute Gasteiger partial charge is 0.454 e. The molecular formula is C11H19N5O3. The predicted molar refractivity (Wildman–Crippen MR) is 67.9 cm³/mol. The van der Waals surface area contributed by atoms with E-state index in [-0.39, 0.29) is 30.5 Å². The maximum atomic E-state index is 11.5. The van der Waals surface area contributed by atoms with Gasteiger partial charge in [0.1, 0.15) is 12.9 Å². The lowest BCUT2D eigenvalue weighted by molar-refractivity contribution is -0.149. The molecule has 0 aromatic carbocycles. The Hall–Kier alpha value is -2.12. The number of aromatic nitrogens is 3. The number of carbonyl (C=O) groups is 2. The third kappa shape index (κ3) is 5.36. The Morgan fingerprint density at radius 1 is 1.53 bits per heavy atom. The first kappa shape index (κ1) is 14.9. The Labute approximate surface area is 111 Å². The molecule has 0 bridgehead atoms. The smallest absolute Gasteiger partial charge is 0.328 e. The minimum Gasteiger partial charge on any atom is -0.454 e. The first-order valence-electron chi connectivity index (χ1n) is 5.94. The van der Waals surface area contributed by atoms with Crippen molar-refractivity contribution in [3.8, 4) is 0 Å². The van der Waals surface area contributed by atoms with E-state index in [2.05, 4.69) is 15.4 Å². The van der Waals surface area contributed by atoms with Gasteiger partial charge in [-0.1, -0.05) is 6.92 Å². The van der Waals surface area contributed by atoms with Gasteiger partial charge in [0.05, 0.1) is 0 Å². The van der Waals surface area contributed by atoms with E-state index in [1.165, 1.54) is 11.0 Å². The molecule has 0 unspecified atom stereocenters. The molecule has 8 nitrogen and oxygen atoms in total. The predicted octanol–water partition coefficient (Wildman–Crippen LogP) is -0.292. The van der Waals surface area contributed by atoms with E-state index in [0.717, 1.165) is 6.42 Å². The fourth-order valence-corrected chi connectivity index (χ4v) is 1.21. The molecule has 0 aliphatic rings. The third-order valence-electron chi connectivity index (χ3n) is 2.57. The van der Waals surface area contributed by atoms with Crippen molar-refractivity contribution < 1.29 is 14.3 Å². The van der Waals surface area contributed by atoms with E-state index in [4.69, 9.17) is 10.5 Å². The van der Waals surface area contributed by atoms with Gasteiger partial charge in [0, 0.05) is 5.54 Å². The molecule has 0 radical (unpaired) electrons. The van der Waals surface area contributed by atoms with Crippen LogP contribution in [0.3, 0.4) is 0 Å². The lowest BCUT2D eigenvalue weighted by Gasteiger charge is -2.24. The summed E-state index contributed by atoms with van der Waals surface area (Å²) in [6.45, 7) is 5.30. The van der Waals surface area contributed by atoms with Crippen LogP contribution in [0.5, 0.6) is 0 Å². The van der Waals surface area contributed by atoms with Gasteiger partial charge in [-0.25, -0.2) is 9.67 Å². The zero-order chi connectivity index (χ0) is 14.5. The number of esters is 1. The summed E-state index contributed by atoms with van der Waals surface area (Å²) < 4.78 is 6.07. The SMILES string of the molecule is CCC(C)(C)NC(=O)COC(=O)Cn1cnc(N)n1. The summed E-state index contributed by atoms with van der Waals surface area (Å²) >= 11 is 0. The number of rotatable bonds is 6. The maximum Gasteiger partial charge on any atom is 0.328 e. The highest BCUT2D eigenvalue weighted by atomic mass is 16.5. The third-order valence-corrected chi connectivity index (χ3v) is 2.57. The van der Waals surface area contributed by atoms with Crippen molar-refractivity contribution >= 4 is 17.8 Å². The summed E-state index contributed by atoms with van der Waals surface area (Å²) in [7, 11) is 0. The minimum atomic E-state index is -0.575. The second-order valence-electron chi connectivity index (χ2n) is 4.75. The van der Waals surface area contributed by atoms with Gasteiger partial charge in [-0.2, -0.15) is 0 Å². The minimum absolute atomic E-state index is 0.0789. The van der Waals surface area contributed by atoms with Crippen LogP contribution >= 0.6 is 0 Å². The summed E-state index contributed by atoms with van der Waals surface area (Å²) in [5.41, 5.74) is 4.99. The number of nitrogens with zero attached hydrogens (tertiary/aromatic N) is 3. The number of anilines is 1. The van der Waals surface area contributed by atoms with Crippen molar-refractivity contribution in [3.05, 3.63) is 6.33 Å². The molecule has 0 spiro atoms. The van der Waals surface area contributed by atoms with Crippen molar-refractivity contribution in [1.82, 2.24) is 20.1 Å². The van der Waals surface area contributed by atoms with E-state index in [1.807, 2.05) is 20.8 Å². The molecular weight excluding hydrogens is 250 g/mol. The quantitative estimate of drug-likeness (QED) is 0.686. The first-order valence-corrected chi connectivity index (χ1v) is 5.94. The number of nitrogen functional groups attached to an aromatic ring is 1. The molecule has 1 aromatic rings. The Bertz CT molecular complexity index is 455. The van der Waals surface area contributed by atoms with Crippen molar-refractivity contribution in [2.24, 2.45) is 0 Å². The van der Waals surface area contributed by atoms with Crippen LogP contribution in [0.2, 0.25) is 0 Å². The molecule has 0 saturated carbocycles. The van der Waals surface area contributed by atoms with Crippen LogP contribution in [0, 0.1) is 0 Å². The van der Waals surface area contributed by atoms with Crippen molar-refractivity contribution in [3.63, 3.8) is 0 Å². The van der Waals surface area contributed by atoms with Crippen LogP contribution in [-0.4, -0.2) is 38.8 Å². The van der Waals surface area contributed by atoms with E-state index in [0.29, 0.717) is 0 Å². The van der Waals surface area contributed by atoms with Gasteiger partial charge in [-0.3, -0.25) is 9.59 Å². The number of nitrogens with two attached hydrogens (primary N) is 1. The van der Waals surface area contributed by atoms with Gasteiger partial charge in [-0.15, -0.1) is 5.10 Å². The zero-order valence-electron chi connectivity index (χ0n) is 11.3. The summed E-state index contributed by atoms with van der Waals surface area (Å²) in [6, 6.07) is 0. The molecule has 3 N–H and O–H groups in total. The molecule has 0 saturated heterocycles. The van der Waals surface area contributed by atoms with Gasteiger partial charge in [-0.05, 0) is 20.3 Å². The second-order valence-corrected chi connectivity index (χ2v) is 4.75. The summed E-state index contributed by atoms with van der Waals surface area (Å²) in [5.74, 6) is -0.831. The van der Waals surface area contributed by atoms with Crippen LogP contribution < -0.4 is 11.1 Å². The molecule has 0 atom stereocenters. The van der Waals surface area contributed by atoms with E-state index >= 15 is 0 Å². The second kappa shape index (κ2) is 6.17. The summed E-state index contributed by atoms with van der Waals surface area (Å²) in [4.78, 5) is 26.6. The lowest BCUT2D eigenvalue weighted by atomic mass is 10.0. The number of carbonyl (C=O) groups excluding carboxylic acids is 2. The molecule has 1 heterocycles. The highest BCUT2D eigenvalue weighted by Crippen LogP contribution is 2.06. The number of hydrogen-bond donors (Lipinski definition) is 2. The highest BCUT2D eigenvalue weighted by molar-refractivity contribution is 5.80. The van der Waals surface area contributed by atoms with Crippen LogP contribution in [0.1, 0.15) is 27.2 Å². The molecule has 8 heteroatoms. The number of ether oxygens (including phenoxy) is 1. The normalized spacial score (nSPS) is 11.1. The Kier molecular flexibility index (Phi) is 4.85. The number of amides is 1. The topological polar surface area (TPSA) is 112 Å².